The van der Waals surface area contributed by atoms with Gasteiger partial charge in [0.05, 0.1) is 16.3 Å². The second-order valence-corrected chi connectivity index (χ2v) is 3.62. The van der Waals surface area contributed by atoms with Crippen molar-refractivity contribution in [2.24, 2.45) is 0 Å². The molecule has 1 aromatic heterocycles. The van der Waals surface area contributed by atoms with E-state index in [1.807, 2.05) is 12.3 Å². The number of carbonyl (C=O) groups excluding carboxylic acids is 1. The molecule has 3 heteroatoms. The summed E-state index contributed by atoms with van der Waals surface area (Å²) in [5, 5.41) is 2.40. The summed E-state index contributed by atoms with van der Waals surface area (Å²) in [6, 6.07) is 0. The molecule has 0 radical (unpaired) electrons. The first-order valence-electron chi connectivity index (χ1n) is 3.37. The van der Waals surface area contributed by atoms with Crippen molar-refractivity contribution in [1.82, 2.24) is 0 Å². The molecule has 1 aromatic rings. The molecule has 0 aliphatic carbocycles. The molecular formula is C9H7ClOS. The van der Waals surface area contributed by atoms with Crippen LogP contribution < -0.4 is 0 Å². The molecule has 1 nitrogen and oxygen atoms in total. The summed E-state index contributed by atoms with van der Waals surface area (Å²) in [4.78, 5) is 11.8. The first-order chi connectivity index (χ1) is 5.66. The molecule has 0 aromatic carbocycles. The van der Waals surface area contributed by atoms with Crippen LogP contribution in [0.15, 0.2) is 5.38 Å². The maximum absolute atomic E-state index is 11.3. The molecule has 0 atom stereocenters. The van der Waals surface area contributed by atoms with Crippen LogP contribution in [0.25, 0.3) is 0 Å². The van der Waals surface area contributed by atoms with Gasteiger partial charge in [0.25, 0.3) is 0 Å². The fourth-order valence-electron chi connectivity index (χ4n) is 0.791. The minimum atomic E-state index is -0.0689. The molecule has 0 unspecified atom stereocenters. The van der Waals surface area contributed by atoms with Crippen LogP contribution >= 0.6 is 22.9 Å². The van der Waals surface area contributed by atoms with Gasteiger partial charge in [-0.25, -0.2) is 0 Å². The molecular weight excluding hydrogens is 192 g/mol. The van der Waals surface area contributed by atoms with Gasteiger partial charge in [-0.05, 0) is 17.9 Å². The van der Waals surface area contributed by atoms with Gasteiger partial charge in [0.1, 0.15) is 0 Å². The van der Waals surface area contributed by atoms with E-state index in [-0.39, 0.29) is 12.2 Å². The number of carbonyl (C=O) groups is 1. The molecule has 0 saturated heterocycles. The molecule has 1 heterocycles. The van der Waals surface area contributed by atoms with E-state index < -0.39 is 0 Å². The topological polar surface area (TPSA) is 17.1 Å². The average Bonchev–Trinajstić information content (AvgIpc) is 2.34. The molecule has 62 valence electrons. The Morgan fingerprint density at radius 2 is 2.50 bits per heavy atom. The quantitative estimate of drug-likeness (QED) is 0.528. The van der Waals surface area contributed by atoms with Crippen LogP contribution in [-0.4, -0.2) is 5.78 Å². The molecule has 0 aliphatic heterocycles. The number of rotatable bonds is 2. The SMILES string of the molecule is C#CCC(=O)c1scc(C)c1Cl. The van der Waals surface area contributed by atoms with Gasteiger partial charge in [0.15, 0.2) is 5.78 Å². The lowest BCUT2D eigenvalue weighted by Gasteiger charge is -1.92. The van der Waals surface area contributed by atoms with Crippen LogP contribution in [0.5, 0.6) is 0 Å². The predicted molar refractivity (Wildman–Crippen MR) is 51.8 cm³/mol. The number of thiophene rings is 1. The van der Waals surface area contributed by atoms with Gasteiger partial charge in [-0.15, -0.1) is 17.8 Å². The van der Waals surface area contributed by atoms with Crippen molar-refractivity contribution in [2.45, 2.75) is 13.3 Å². The first-order valence-corrected chi connectivity index (χ1v) is 4.63. The third-order valence-corrected chi connectivity index (χ3v) is 3.15. The summed E-state index contributed by atoms with van der Waals surface area (Å²) in [5.41, 5.74) is 0.932. The Kier molecular flexibility index (Phi) is 2.91. The Morgan fingerprint density at radius 1 is 1.83 bits per heavy atom. The second-order valence-electron chi connectivity index (χ2n) is 2.37. The molecule has 0 bridgehead atoms. The maximum atomic E-state index is 11.3. The van der Waals surface area contributed by atoms with Crippen LogP contribution in [0.3, 0.4) is 0 Å². The standard InChI is InChI=1S/C9H7ClOS/c1-3-4-7(11)9-8(10)6(2)5-12-9/h1,5H,4H2,2H3. The number of aryl methyl sites for hydroxylation is 1. The van der Waals surface area contributed by atoms with Crippen molar-refractivity contribution in [3.8, 4) is 12.3 Å². The molecule has 0 N–H and O–H groups in total. The zero-order chi connectivity index (χ0) is 9.14. The highest BCUT2D eigenvalue weighted by molar-refractivity contribution is 7.13. The molecule has 0 amide bonds. The zero-order valence-electron chi connectivity index (χ0n) is 6.56. The third-order valence-electron chi connectivity index (χ3n) is 1.41. The molecule has 0 saturated carbocycles. The van der Waals surface area contributed by atoms with Gasteiger partial charge in [0, 0.05) is 0 Å². The Balaban J connectivity index is 2.97. The fraction of sp³-hybridized carbons (Fsp3) is 0.222. The van der Waals surface area contributed by atoms with E-state index >= 15 is 0 Å². The number of hydrogen-bond acceptors (Lipinski definition) is 2. The van der Waals surface area contributed by atoms with E-state index in [1.54, 1.807) is 0 Å². The second kappa shape index (κ2) is 3.75. The minimum absolute atomic E-state index is 0.0689. The average molecular weight is 199 g/mol. The minimum Gasteiger partial charge on any atom is -0.292 e. The van der Waals surface area contributed by atoms with Crippen LogP contribution in [0.1, 0.15) is 21.7 Å². The normalized spacial score (nSPS) is 9.42. The monoisotopic (exact) mass is 198 g/mol. The largest absolute Gasteiger partial charge is 0.292 e. The van der Waals surface area contributed by atoms with Crippen LogP contribution in [0, 0.1) is 19.3 Å². The van der Waals surface area contributed by atoms with Crippen molar-refractivity contribution in [3.63, 3.8) is 0 Å². The molecule has 0 aliphatic rings. The van der Waals surface area contributed by atoms with Crippen molar-refractivity contribution in [3.05, 3.63) is 20.8 Å². The third kappa shape index (κ3) is 1.69. The smallest absolute Gasteiger partial charge is 0.186 e. The van der Waals surface area contributed by atoms with Gasteiger partial charge >= 0.3 is 0 Å². The lowest BCUT2D eigenvalue weighted by Crippen LogP contribution is -1.93. The lowest BCUT2D eigenvalue weighted by molar-refractivity contribution is 0.100. The fourth-order valence-corrected chi connectivity index (χ4v) is 2.03. The zero-order valence-corrected chi connectivity index (χ0v) is 8.13. The lowest BCUT2D eigenvalue weighted by atomic mass is 10.2. The van der Waals surface area contributed by atoms with Crippen LogP contribution in [0.2, 0.25) is 5.02 Å². The van der Waals surface area contributed by atoms with Crippen molar-refractivity contribution in [2.75, 3.05) is 0 Å². The first kappa shape index (κ1) is 9.31. The Bertz CT molecular complexity index is 346. The van der Waals surface area contributed by atoms with Gasteiger partial charge in [0.2, 0.25) is 0 Å². The highest BCUT2D eigenvalue weighted by Gasteiger charge is 2.12. The highest BCUT2D eigenvalue weighted by Crippen LogP contribution is 2.27. The van der Waals surface area contributed by atoms with Crippen molar-refractivity contribution >= 4 is 28.7 Å². The summed E-state index contributed by atoms with van der Waals surface area (Å²) >= 11 is 7.21. The van der Waals surface area contributed by atoms with Gasteiger partial charge in [-0.1, -0.05) is 17.5 Å². The maximum Gasteiger partial charge on any atom is 0.186 e. The van der Waals surface area contributed by atoms with Crippen molar-refractivity contribution in [1.29, 1.82) is 0 Å². The molecule has 1 rings (SSSR count). The van der Waals surface area contributed by atoms with E-state index in [2.05, 4.69) is 5.92 Å². The molecule has 12 heavy (non-hydrogen) atoms. The summed E-state index contributed by atoms with van der Waals surface area (Å²) in [7, 11) is 0. The number of ketones is 1. The van der Waals surface area contributed by atoms with Crippen LogP contribution in [0.4, 0.5) is 0 Å². The van der Waals surface area contributed by atoms with Crippen LogP contribution in [-0.2, 0) is 0 Å². The molecule has 0 fully saturated rings. The van der Waals surface area contributed by atoms with E-state index in [0.29, 0.717) is 9.90 Å². The number of Topliss-reactive ketones (excluding diaryl/α,β-unsaturated/α-hetero) is 1. The highest BCUT2D eigenvalue weighted by atomic mass is 35.5. The Hall–Kier alpha value is -0.780. The van der Waals surface area contributed by atoms with Gasteiger partial charge in [-0.2, -0.15) is 0 Å². The number of halogens is 1. The van der Waals surface area contributed by atoms with E-state index in [1.165, 1.54) is 11.3 Å². The summed E-state index contributed by atoms with van der Waals surface area (Å²) in [6.07, 6.45) is 5.14. The number of hydrogen-bond donors (Lipinski definition) is 0. The van der Waals surface area contributed by atoms with E-state index in [4.69, 9.17) is 18.0 Å². The van der Waals surface area contributed by atoms with Gasteiger partial charge in [-0.3, -0.25) is 4.79 Å². The van der Waals surface area contributed by atoms with E-state index in [9.17, 15) is 4.79 Å². The van der Waals surface area contributed by atoms with Crippen molar-refractivity contribution < 1.29 is 4.79 Å². The summed E-state index contributed by atoms with van der Waals surface area (Å²) in [5.74, 6) is 2.23. The van der Waals surface area contributed by atoms with Gasteiger partial charge < -0.3 is 0 Å². The Labute approximate surface area is 80.4 Å². The summed E-state index contributed by atoms with van der Waals surface area (Å²) < 4.78 is 0. The predicted octanol–water partition coefficient (Wildman–Crippen LogP) is 2.92. The van der Waals surface area contributed by atoms with E-state index in [0.717, 1.165) is 5.56 Å². The summed E-state index contributed by atoms with van der Waals surface area (Å²) in [6.45, 7) is 1.87. The Morgan fingerprint density at radius 3 is 2.92 bits per heavy atom. The molecule has 0 spiro atoms. The number of terminal acetylenes is 1.